The van der Waals surface area contributed by atoms with Crippen molar-refractivity contribution in [2.24, 2.45) is 5.92 Å². The van der Waals surface area contributed by atoms with Crippen LogP contribution in [-0.2, 0) is 6.61 Å². The number of nitrogens with one attached hydrogen (secondary N) is 2. The molecule has 0 amide bonds. The summed E-state index contributed by atoms with van der Waals surface area (Å²) in [5.74, 6) is 1.91. The molecule has 1 aliphatic carbocycles. The lowest BCUT2D eigenvalue weighted by Crippen LogP contribution is -2.27. The van der Waals surface area contributed by atoms with E-state index in [-0.39, 0.29) is 6.61 Å². The van der Waals surface area contributed by atoms with Gasteiger partial charge in [0, 0.05) is 24.1 Å². The molecule has 1 aliphatic heterocycles. The van der Waals surface area contributed by atoms with Gasteiger partial charge in [-0.05, 0) is 43.5 Å². The van der Waals surface area contributed by atoms with E-state index in [1.165, 1.54) is 0 Å². The molecule has 140 valence electrons. The summed E-state index contributed by atoms with van der Waals surface area (Å²) in [6.07, 6.45) is 4.09. The second-order valence-corrected chi connectivity index (χ2v) is 7.70. The molecule has 7 heteroatoms. The number of pyridine rings is 1. The number of imidazole rings is 1. The Kier molecular flexibility index (Phi) is 4.06. The van der Waals surface area contributed by atoms with Crippen molar-refractivity contribution in [2.75, 3.05) is 18.4 Å². The van der Waals surface area contributed by atoms with Crippen molar-refractivity contribution in [1.82, 2.24) is 24.9 Å². The first kappa shape index (κ1) is 16.6. The summed E-state index contributed by atoms with van der Waals surface area (Å²) in [5.41, 5.74) is 4.33. The maximum absolute atomic E-state index is 9.67. The van der Waals surface area contributed by atoms with E-state index in [1.54, 1.807) is 0 Å². The number of nitrogens with zero attached hydrogens (tertiary/aromatic N) is 4. The minimum absolute atomic E-state index is 0.00277. The molecule has 2 aliphatic rings. The summed E-state index contributed by atoms with van der Waals surface area (Å²) in [6, 6.07) is 8.34. The summed E-state index contributed by atoms with van der Waals surface area (Å²) in [7, 11) is 0. The zero-order valence-electron chi connectivity index (χ0n) is 15.4. The Morgan fingerprint density at radius 2 is 2.19 bits per heavy atom. The molecular formula is C20H24N6O. The third-order valence-electron chi connectivity index (χ3n) is 5.60. The molecule has 2 fully saturated rings. The van der Waals surface area contributed by atoms with Gasteiger partial charge in [-0.25, -0.2) is 14.5 Å². The van der Waals surface area contributed by atoms with Crippen LogP contribution in [0.4, 0.5) is 5.82 Å². The molecule has 5 rings (SSSR count). The predicted molar refractivity (Wildman–Crippen MR) is 104 cm³/mol. The Balaban J connectivity index is 1.51. The van der Waals surface area contributed by atoms with Crippen LogP contribution in [0.2, 0.25) is 0 Å². The number of rotatable bonds is 5. The summed E-state index contributed by atoms with van der Waals surface area (Å²) >= 11 is 0. The van der Waals surface area contributed by atoms with E-state index in [9.17, 15) is 5.11 Å². The fourth-order valence-electron chi connectivity index (χ4n) is 3.82. The smallest absolute Gasteiger partial charge is 0.154 e. The van der Waals surface area contributed by atoms with E-state index in [0.29, 0.717) is 17.9 Å². The van der Waals surface area contributed by atoms with E-state index in [1.807, 2.05) is 35.0 Å². The SMILES string of the molecule is C[C@H]1CNC[C@@H]1Nc1cccc(-c2cnc3cc(CO)c(C4CC4)nn23)n1. The number of aliphatic hydroxyl groups excluding tert-OH is 1. The molecule has 7 nitrogen and oxygen atoms in total. The van der Waals surface area contributed by atoms with Crippen LogP contribution in [-0.4, -0.2) is 43.8 Å². The second-order valence-electron chi connectivity index (χ2n) is 7.70. The summed E-state index contributed by atoms with van der Waals surface area (Å²) < 4.78 is 1.86. The number of hydrogen-bond donors (Lipinski definition) is 3. The van der Waals surface area contributed by atoms with Crippen LogP contribution in [0.3, 0.4) is 0 Å². The molecule has 1 saturated heterocycles. The molecule has 0 spiro atoms. The van der Waals surface area contributed by atoms with E-state index < -0.39 is 0 Å². The molecule has 0 aromatic carbocycles. The topological polar surface area (TPSA) is 87.4 Å². The highest BCUT2D eigenvalue weighted by Gasteiger charge is 2.29. The van der Waals surface area contributed by atoms with Crippen molar-refractivity contribution in [3.63, 3.8) is 0 Å². The van der Waals surface area contributed by atoms with Gasteiger partial charge >= 0.3 is 0 Å². The van der Waals surface area contributed by atoms with Crippen molar-refractivity contribution in [2.45, 2.75) is 38.3 Å². The third kappa shape index (κ3) is 3.07. The first-order valence-electron chi connectivity index (χ1n) is 9.66. The first-order chi connectivity index (χ1) is 13.2. The second kappa shape index (κ2) is 6.58. The van der Waals surface area contributed by atoms with Gasteiger partial charge in [0.15, 0.2) is 5.65 Å². The van der Waals surface area contributed by atoms with Gasteiger partial charge in [-0.15, -0.1) is 0 Å². The van der Waals surface area contributed by atoms with Crippen LogP contribution in [0.25, 0.3) is 17.0 Å². The highest BCUT2D eigenvalue weighted by molar-refractivity contribution is 5.62. The highest BCUT2D eigenvalue weighted by atomic mass is 16.3. The maximum atomic E-state index is 9.67. The summed E-state index contributed by atoms with van der Waals surface area (Å²) in [5, 5.41) is 21.4. The number of fused-ring (bicyclic) bond motifs is 1. The largest absolute Gasteiger partial charge is 0.392 e. The maximum Gasteiger partial charge on any atom is 0.154 e. The Morgan fingerprint density at radius 3 is 2.93 bits per heavy atom. The molecule has 3 N–H and O–H groups in total. The molecular weight excluding hydrogens is 340 g/mol. The van der Waals surface area contributed by atoms with E-state index in [2.05, 4.69) is 22.5 Å². The fourth-order valence-corrected chi connectivity index (χ4v) is 3.82. The summed E-state index contributed by atoms with van der Waals surface area (Å²) in [6.45, 7) is 4.24. The van der Waals surface area contributed by atoms with Gasteiger partial charge in [0.2, 0.25) is 0 Å². The number of aromatic nitrogens is 4. The zero-order chi connectivity index (χ0) is 18.4. The molecule has 0 radical (unpaired) electrons. The van der Waals surface area contributed by atoms with Crippen LogP contribution in [0.1, 0.15) is 36.9 Å². The standard InChI is InChI=1S/C20H24N6O/c1-12-8-21-9-16(12)24-18-4-2-3-15(23-18)17-10-22-19-7-14(11-27)20(13-5-6-13)25-26(17)19/h2-4,7,10,12-13,16,21,27H,5-6,8-9,11H2,1H3,(H,23,24)/t12-,16-/m0/s1. The van der Waals surface area contributed by atoms with E-state index in [0.717, 1.165) is 60.0 Å². The van der Waals surface area contributed by atoms with Crippen molar-refractivity contribution < 1.29 is 5.11 Å². The van der Waals surface area contributed by atoms with Crippen molar-refractivity contribution in [3.8, 4) is 11.4 Å². The van der Waals surface area contributed by atoms with Gasteiger partial charge in [0.25, 0.3) is 0 Å². The van der Waals surface area contributed by atoms with E-state index >= 15 is 0 Å². The van der Waals surface area contributed by atoms with Gasteiger partial charge in [-0.3, -0.25) is 0 Å². The monoisotopic (exact) mass is 364 g/mol. The van der Waals surface area contributed by atoms with Crippen molar-refractivity contribution in [3.05, 3.63) is 41.7 Å². The van der Waals surface area contributed by atoms with Gasteiger partial charge in [-0.2, -0.15) is 5.10 Å². The summed E-state index contributed by atoms with van der Waals surface area (Å²) in [4.78, 5) is 9.30. The van der Waals surface area contributed by atoms with Gasteiger partial charge in [0.05, 0.1) is 24.2 Å². The third-order valence-corrected chi connectivity index (χ3v) is 5.60. The lowest BCUT2D eigenvalue weighted by Gasteiger charge is -2.17. The van der Waals surface area contributed by atoms with Crippen LogP contribution in [0, 0.1) is 5.92 Å². The quantitative estimate of drug-likeness (QED) is 0.643. The van der Waals surface area contributed by atoms with E-state index in [4.69, 9.17) is 10.1 Å². The predicted octanol–water partition coefficient (Wildman–Crippen LogP) is 2.18. The lowest BCUT2D eigenvalue weighted by molar-refractivity contribution is 0.279. The Morgan fingerprint density at radius 1 is 1.30 bits per heavy atom. The molecule has 0 unspecified atom stereocenters. The van der Waals surface area contributed by atoms with Crippen molar-refractivity contribution >= 4 is 11.5 Å². The van der Waals surface area contributed by atoms with Crippen LogP contribution in [0.5, 0.6) is 0 Å². The Bertz CT molecular complexity index is 980. The average Bonchev–Trinajstić information content (AvgIpc) is 3.34. The van der Waals surface area contributed by atoms with Gasteiger partial charge < -0.3 is 15.7 Å². The number of aliphatic hydroxyl groups is 1. The van der Waals surface area contributed by atoms with Crippen molar-refractivity contribution in [1.29, 1.82) is 0 Å². The van der Waals surface area contributed by atoms with Gasteiger partial charge in [-0.1, -0.05) is 13.0 Å². The minimum Gasteiger partial charge on any atom is -0.392 e. The molecule has 0 bridgehead atoms. The molecule has 2 atom stereocenters. The zero-order valence-corrected chi connectivity index (χ0v) is 15.4. The number of hydrogen-bond acceptors (Lipinski definition) is 6. The highest BCUT2D eigenvalue weighted by Crippen LogP contribution is 2.41. The van der Waals surface area contributed by atoms with Crippen LogP contribution >= 0.6 is 0 Å². The Labute approximate surface area is 157 Å². The van der Waals surface area contributed by atoms with Crippen LogP contribution in [0.15, 0.2) is 30.5 Å². The normalized spacial score (nSPS) is 22.4. The molecule has 4 heterocycles. The number of anilines is 1. The Hall–Kier alpha value is -2.51. The van der Waals surface area contributed by atoms with Gasteiger partial charge in [0.1, 0.15) is 11.5 Å². The van der Waals surface area contributed by atoms with Crippen LogP contribution < -0.4 is 10.6 Å². The molecule has 1 saturated carbocycles. The first-order valence-corrected chi connectivity index (χ1v) is 9.66. The molecule has 27 heavy (non-hydrogen) atoms. The fraction of sp³-hybridized carbons (Fsp3) is 0.450. The molecule has 3 aromatic heterocycles. The minimum atomic E-state index is 0.00277. The average molecular weight is 364 g/mol. The lowest BCUT2D eigenvalue weighted by atomic mass is 10.1. The molecule has 3 aromatic rings.